The normalized spacial score (nSPS) is 19.8. The van der Waals surface area contributed by atoms with Crippen molar-refractivity contribution in [1.29, 1.82) is 0 Å². The number of likely N-dealkylation sites (N-methyl/N-ethyl adjacent to an activating group) is 1. The minimum atomic E-state index is 0.382. The Bertz CT molecular complexity index is 185. The number of nitrogens with one attached hydrogen (secondary N) is 1. The summed E-state index contributed by atoms with van der Waals surface area (Å²) in [7, 11) is 2.21. The molecule has 0 amide bonds. The van der Waals surface area contributed by atoms with Gasteiger partial charge in [0, 0.05) is 44.8 Å². The maximum absolute atomic E-state index is 3.79. The Labute approximate surface area is 108 Å². The van der Waals surface area contributed by atoms with E-state index in [-0.39, 0.29) is 0 Å². The lowest BCUT2D eigenvalue weighted by Crippen LogP contribution is -2.50. The molecule has 1 saturated heterocycles. The summed E-state index contributed by atoms with van der Waals surface area (Å²) in [4.78, 5) is 5.00. The first-order valence-corrected chi connectivity index (χ1v) is 7.31. The Hall–Kier alpha value is -0.120. The highest BCUT2D eigenvalue weighted by molar-refractivity contribution is 4.84. The molecule has 0 aromatic carbocycles. The number of piperazine rings is 1. The fourth-order valence-electron chi connectivity index (χ4n) is 2.68. The number of hydrogen-bond donors (Lipinski definition) is 1. The molecule has 0 spiro atoms. The molecule has 0 radical (unpaired) electrons. The van der Waals surface area contributed by atoms with Crippen LogP contribution in [-0.2, 0) is 0 Å². The van der Waals surface area contributed by atoms with Crippen LogP contribution in [0.3, 0.4) is 0 Å². The standard InChI is InChI=1S/C14H31N3/c1-5-14(6-2,7-3)15-8-9-17-12-10-16(4)11-13-17/h15H,5-13H2,1-4H3. The first-order chi connectivity index (χ1) is 8.15. The zero-order chi connectivity index (χ0) is 12.7. The van der Waals surface area contributed by atoms with Gasteiger partial charge in [0.15, 0.2) is 0 Å². The molecule has 0 aliphatic carbocycles. The van der Waals surface area contributed by atoms with Crippen LogP contribution in [0.5, 0.6) is 0 Å². The SMILES string of the molecule is CCC(CC)(CC)NCCN1CCN(C)CC1. The van der Waals surface area contributed by atoms with Gasteiger partial charge in [-0.25, -0.2) is 0 Å². The molecule has 1 aliphatic heterocycles. The molecule has 1 aliphatic rings. The van der Waals surface area contributed by atoms with Gasteiger partial charge in [0.25, 0.3) is 0 Å². The molecule has 0 bridgehead atoms. The second-order valence-electron chi connectivity index (χ2n) is 5.41. The van der Waals surface area contributed by atoms with Crippen LogP contribution in [0.15, 0.2) is 0 Å². The van der Waals surface area contributed by atoms with Crippen molar-refractivity contribution < 1.29 is 0 Å². The van der Waals surface area contributed by atoms with Crippen molar-refractivity contribution >= 4 is 0 Å². The average molecular weight is 241 g/mol. The fraction of sp³-hybridized carbons (Fsp3) is 1.00. The van der Waals surface area contributed by atoms with E-state index in [1.807, 2.05) is 0 Å². The van der Waals surface area contributed by atoms with Gasteiger partial charge in [-0.1, -0.05) is 20.8 Å². The Morgan fingerprint density at radius 2 is 1.47 bits per heavy atom. The molecule has 1 fully saturated rings. The van der Waals surface area contributed by atoms with Crippen molar-refractivity contribution in [2.24, 2.45) is 0 Å². The lowest BCUT2D eigenvalue weighted by molar-refractivity contribution is 0.148. The van der Waals surface area contributed by atoms with E-state index in [0.29, 0.717) is 5.54 Å². The highest BCUT2D eigenvalue weighted by atomic mass is 15.2. The van der Waals surface area contributed by atoms with Crippen LogP contribution in [0.4, 0.5) is 0 Å². The first kappa shape index (κ1) is 14.9. The van der Waals surface area contributed by atoms with Crippen molar-refractivity contribution in [2.45, 2.75) is 45.6 Å². The Kier molecular flexibility index (Phi) is 6.45. The van der Waals surface area contributed by atoms with Crippen molar-refractivity contribution in [3.05, 3.63) is 0 Å². The van der Waals surface area contributed by atoms with Crippen molar-refractivity contribution in [3.8, 4) is 0 Å². The lowest BCUT2D eigenvalue weighted by atomic mass is 9.90. The van der Waals surface area contributed by atoms with Gasteiger partial charge in [-0.2, -0.15) is 0 Å². The third-order valence-corrected chi connectivity index (χ3v) is 4.55. The van der Waals surface area contributed by atoms with Crippen LogP contribution in [0.25, 0.3) is 0 Å². The van der Waals surface area contributed by atoms with Crippen LogP contribution in [-0.4, -0.2) is 61.7 Å². The van der Waals surface area contributed by atoms with Gasteiger partial charge in [0.2, 0.25) is 0 Å². The first-order valence-electron chi connectivity index (χ1n) is 7.31. The van der Waals surface area contributed by atoms with E-state index in [1.54, 1.807) is 0 Å². The summed E-state index contributed by atoms with van der Waals surface area (Å²) in [5.74, 6) is 0. The van der Waals surface area contributed by atoms with E-state index < -0.39 is 0 Å². The van der Waals surface area contributed by atoms with E-state index >= 15 is 0 Å². The van der Waals surface area contributed by atoms with Gasteiger partial charge in [-0.3, -0.25) is 4.90 Å². The monoisotopic (exact) mass is 241 g/mol. The second-order valence-corrected chi connectivity index (χ2v) is 5.41. The molecule has 0 saturated carbocycles. The predicted molar refractivity (Wildman–Crippen MR) is 75.5 cm³/mol. The molecule has 17 heavy (non-hydrogen) atoms. The lowest BCUT2D eigenvalue weighted by Gasteiger charge is -2.35. The minimum absolute atomic E-state index is 0.382. The van der Waals surface area contributed by atoms with Crippen LogP contribution in [0.1, 0.15) is 40.0 Å². The van der Waals surface area contributed by atoms with E-state index in [2.05, 4.69) is 42.9 Å². The molecule has 0 aromatic heterocycles. The van der Waals surface area contributed by atoms with Crippen molar-refractivity contribution in [2.75, 3.05) is 46.3 Å². The van der Waals surface area contributed by atoms with E-state index in [0.717, 1.165) is 6.54 Å². The van der Waals surface area contributed by atoms with Gasteiger partial charge in [0.05, 0.1) is 0 Å². The number of rotatable bonds is 7. The highest BCUT2D eigenvalue weighted by Gasteiger charge is 2.23. The third kappa shape index (κ3) is 4.57. The Morgan fingerprint density at radius 3 is 1.94 bits per heavy atom. The van der Waals surface area contributed by atoms with Crippen molar-refractivity contribution in [3.63, 3.8) is 0 Å². The third-order valence-electron chi connectivity index (χ3n) is 4.55. The molecule has 3 heteroatoms. The molecule has 3 nitrogen and oxygen atoms in total. The summed E-state index contributed by atoms with van der Waals surface area (Å²) in [6.45, 7) is 14.2. The summed E-state index contributed by atoms with van der Waals surface area (Å²) in [5, 5.41) is 3.79. The average Bonchev–Trinajstić information content (AvgIpc) is 2.38. The van der Waals surface area contributed by atoms with E-state index in [9.17, 15) is 0 Å². The molecular weight excluding hydrogens is 210 g/mol. The summed E-state index contributed by atoms with van der Waals surface area (Å²) in [5.41, 5.74) is 0.382. The Morgan fingerprint density at radius 1 is 0.941 bits per heavy atom. The largest absolute Gasteiger partial charge is 0.310 e. The van der Waals surface area contributed by atoms with Gasteiger partial charge >= 0.3 is 0 Å². The van der Waals surface area contributed by atoms with Crippen molar-refractivity contribution in [1.82, 2.24) is 15.1 Å². The summed E-state index contributed by atoms with van der Waals surface area (Å²) in [6.07, 6.45) is 3.72. The smallest absolute Gasteiger partial charge is 0.0174 e. The van der Waals surface area contributed by atoms with Crippen LogP contribution >= 0.6 is 0 Å². The Balaban J connectivity index is 2.22. The second kappa shape index (κ2) is 7.34. The fourth-order valence-corrected chi connectivity index (χ4v) is 2.68. The molecule has 0 unspecified atom stereocenters. The van der Waals surface area contributed by atoms with Gasteiger partial charge in [-0.05, 0) is 26.3 Å². The van der Waals surface area contributed by atoms with Gasteiger partial charge in [0.1, 0.15) is 0 Å². The van der Waals surface area contributed by atoms with Gasteiger partial charge < -0.3 is 10.2 Å². The predicted octanol–water partition coefficient (Wildman–Crippen LogP) is 1.79. The van der Waals surface area contributed by atoms with Crippen LogP contribution in [0, 0.1) is 0 Å². The molecule has 0 atom stereocenters. The quantitative estimate of drug-likeness (QED) is 0.733. The number of nitrogens with zero attached hydrogens (tertiary/aromatic N) is 2. The summed E-state index contributed by atoms with van der Waals surface area (Å²) in [6, 6.07) is 0. The van der Waals surface area contributed by atoms with E-state index in [4.69, 9.17) is 0 Å². The summed E-state index contributed by atoms with van der Waals surface area (Å²) >= 11 is 0. The minimum Gasteiger partial charge on any atom is -0.310 e. The molecule has 0 aromatic rings. The zero-order valence-electron chi connectivity index (χ0n) is 12.3. The maximum atomic E-state index is 3.79. The topological polar surface area (TPSA) is 18.5 Å². The zero-order valence-corrected chi connectivity index (χ0v) is 12.3. The van der Waals surface area contributed by atoms with Crippen LogP contribution < -0.4 is 5.32 Å². The number of hydrogen-bond acceptors (Lipinski definition) is 3. The van der Waals surface area contributed by atoms with Gasteiger partial charge in [-0.15, -0.1) is 0 Å². The highest BCUT2D eigenvalue weighted by Crippen LogP contribution is 2.18. The summed E-state index contributed by atoms with van der Waals surface area (Å²) < 4.78 is 0. The molecule has 102 valence electrons. The molecule has 1 rings (SSSR count). The molecule has 1 N–H and O–H groups in total. The molecule has 1 heterocycles. The maximum Gasteiger partial charge on any atom is 0.0174 e. The molecular formula is C14H31N3. The van der Waals surface area contributed by atoms with E-state index in [1.165, 1.54) is 52.0 Å². The van der Waals surface area contributed by atoms with Crippen LogP contribution in [0.2, 0.25) is 0 Å².